The van der Waals surface area contributed by atoms with E-state index in [-0.39, 0.29) is 33.0 Å². The zero-order valence-corrected chi connectivity index (χ0v) is 35.8. The van der Waals surface area contributed by atoms with Crippen molar-refractivity contribution in [1.82, 2.24) is 5.32 Å². The fraction of sp³-hybridized carbons (Fsp3) is 0.417. The minimum absolute atomic E-state index is 0.0190. The first-order valence-corrected chi connectivity index (χ1v) is 20.8. The molecule has 1 amide bonds. The van der Waals surface area contributed by atoms with Crippen molar-refractivity contribution in [2.24, 2.45) is 0 Å². The predicted octanol–water partition coefficient (Wildman–Crippen LogP) is 5.36. The molecule has 0 radical (unpaired) electrons. The summed E-state index contributed by atoms with van der Waals surface area (Å²) in [4.78, 5) is 50.3. The van der Waals surface area contributed by atoms with E-state index in [2.05, 4.69) is 5.32 Å². The number of carbonyl (C=O) groups is 4. The van der Waals surface area contributed by atoms with Gasteiger partial charge in [-0.3, -0.25) is 19.2 Å². The lowest BCUT2D eigenvalue weighted by Crippen LogP contribution is -2.69. The molecule has 0 aromatic heterocycles. The molecule has 336 valence electrons. The van der Waals surface area contributed by atoms with Gasteiger partial charge in [-0.05, 0) is 22.3 Å². The highest BCUT2D eigenvalue weighted by Gasteiger charge is 2.56. The SMILES string of the molecule is CC(=O)N[C@H]1[C@H](O[C@H]2[C@@H](OCc3ccccc3)[C@@H](COCc3ccccc3)O[C@@H](OCc3ccccc3)[C@@H]2OCc2ccccc2)O[C@H](COC(C)=O)[C@@H](OC(C)=O)[C@@H]1OC(C)=O. The number of amides is 1. The maximum Gasteiger partial charge on any atom is 0.303 e. The Bertz CT molecular complexity index is 2020. The molecule has 4 aromatic rings. The van der Waals surface area contributed by atoms with Gasteiger partial charge in [0.1, 0.15) is 43.2 Å². The van der Waals surface area contributed by atoms with Crippen LogP contribution in [0.1, 0.15) is 49.9 Å². The Morgan fingerprint density at radius 1 is 0.476 bits per heavy atom. The summed E-state index contributed by atoms with van der Waals surface area (Å²) in [5.74, 6) is -2.66. The van der Waals surface area contributed by atoms with Gasteiger partial charge in [0.05, 0.1) is 33.0 Å². The lowest BCUT2D eigenvalue weighted by Gasteiger charge is -2.50. The molecule has 1 N–H and O–H groups in total. The third-order valence-electron chi connectivity index (χ3n) is 10.2. The Morgan fingerprint density at radius 3 is 1.41 bits per heavy atom. The van der Waals surface area contributed by atoms with Crippen LogP contribution in [0.3, 0.4) is 0 Å². The highest BCUT2D eigenvalue weighted by Crippen LogP contribution is 2.36. The Morgan fingerprint density at radius 2 is 0.921 bits per heavy atom. The van der Waals surface area contributed by atoms with Crippen LogP contribution in [-0.2, 0) is 93.0 Å². The number of hydrogen-bond acceptors (Lipinski definition) is 14. The predicted molar refractivity (Wildman–Crippen MR) is 225 cm³/mol. The van der Waals surface area contributed by atoms with Gasteiger partial charge in [0.2, 0.25) is 5.91 Å². The van der Waals surface area contributed by atoms with E-state index in [1.165, 1.54) is 27.7 Å². The van der Waals surface area contributed by atoms with Crippen molar-refractivity contribution >= 4 is 23.8 Å². The summed E-state index contributed by atoms with van der Waals surface area (Å²) in [5, 5.41) is 2.80. The minimum Gasteiger partial charge on any atom is -0.463 e. The van der Waals surface area contributed by atoms with E-state index in [9.17, 15) is 19.2 Å². The van der Waals surface area contributed by atoms with Crippen LogP contribution in [0.2, 0.25) is 0 Å². The van der Waals surface area contributed by atoms with Crippen molar-refractivity contribution in [3.05, 3.63) is 144 Å². The van der Waals surface area contributed by atoms with Crippen LogP contribution in [0.5, 0.6) is 0 Å². The number of esters is 3. The molecule has 0 aliphatic carbocycles. The molecule has 63 heavy (non-hydrogen) atoms. The van der Waals surface area contributed by atoms with E-state index >= 15 is 0 Å². The van der Waals surface area contributed by atoms with Crippen LogP contribution in [0.25, 0.3) is 0 Å². The van der Waals surface area contributed by atoms with Crippen LogP contribution in [0.4, 0.5) is 0 Å². The van der Waals surface area contributed by atoms with Crippen molar-refractivity contribution in [2.45, 2.75) is 115 Å². The molecule has 0 unspecified atom stereocenters. The van der Waals surface area contributed by atoms with Gasteiger partial charge in [-0.25, -0.2) is 0 Å². The van der Waals surface area contributed by atoms with Gasteiger partial charge in [-0.1, -0.05) is 121 Å². The average Bonchev–Trinajstić information content (AvgIpc) is 3.27. The standard InChI is InChI=1S/C48H55NO14/c1-31(50)49-41-44(60-34(4)53)43(59-33(3)52)40(30-55-32(2)51)61-47(41)63-45-42(56-26-36-19-11-6-12-20-36)39(29-54-25-35-17-9-5-10-18-35)62-48(58-28-38-23-15-8-16-24-38)46(45)57-27-37-21-13-7-14-22-37/h5-24,39-48H,25-30H2,1-4H3,(H,49,50)/t39-,40-,41-,42+,43-,44-,45+,46-,47+,48-/m1/s1. The maximum atomic E-state index is 13.0. The molecule has 2 heterocycles. The zero-order valence-electron chi connectivity index (χ0n) is 35.8. The second-order valence-electron chi connectivity index (χ2n) is 15.2. The van der Waals surface area contributed by atoms with E-state index < -0.39 is 91.8 Å². The summed E-state index contributed by atoms with van der Waals surface area (Å²) < 4.78 is 63.6. The first-order valence-electron chi connectivity index (χ1n) is 20.8. The van der Waals surface area contributed by atoms with Crippen molar-refractivity contribution < 1.29 is 66.5 Å². The number of ether oxygens (including phenoxy) is 10. The molecular formula is C48H55NO14. The topological polar surface area (TPSA) is 173 Å². The zero-order chi connectivity index (χ0) is 44.6. The fourth-order valence-electron chi connectivity index (χ4n) is 7.39. The quantitative estimate of drug-likeness (QED) is 0.0889. The summed E-state index contributed by atoms with van der Waals surface area (Å²) in [6.07, 6.45) is -10.5. The second-order valence-corrected chi connectivity index (χ2v) is 15.2. The van der Waals surface area contributed by atoms with Crippen molar-refractivity contribution in [3.8, 4) is 0 Å². The van der Waals surface area contributed by atoms with E-state index in [0.29, 0.717) is 0 Å². The fourth-order valence-corrected chi connectivity index (χ4v) is 7.39. The summed E-state index contributed by atoms with van der Waals surface area (Å²) in [5.41, 5.74) is 3.51. The molecule has 15 heteroatoms. The number of carbonyl (C=O) groups excluding carboxylic acids is 4. The maximum absolute atomic E-state index is 13.0. The molecule has 15 nitrogen and oxygen atoms in total. The Labute approximate surface area is 367 Å². The third kappa shape index (κ3) is 14.2. The van der Waals surface area contributed by atoms with Crippen molar-refractivity contribution in [2.75, 3.05) is 13.2 Å². The van der Waals surface area contributed by atoms with Gasteiger partial charge in [0, 0.05) is 27.7 Å². The third-order valence-corrected chi connectivity index (χ3v) is 10.2. The number of nitrogens with one attached hydrogen (secondary N) is 1. The summed E-state index contributed by atoms with van der Waals surface area (Å²) in [6, 6.07) is 37.0. The molecular weight excluding hydrogens is 815 g/mol. The van der Waals surface area contributed by atoms with Gasteiger partial charge in [0.15, 0.2) is 24.8 Å². The van der Waals surface area contributed by atoms with E-state index in [1.807, 2.05) is 121 Å². The van der Waals surface area contributed by atoms with Gasteiger partial charge < -0.3 is 52.7 Å². The first-order chi connectivity index (χ1) is 30.5. The smallest absolute Gasteiger partial charge is 0.303 e. The summed E-state index contributed by atoms with van der Waals surface area (Å²) in [6.45, 7) is 5.03. The Balaban J connectivity index is 1.44. The molecule has 0 bridgehead atoms. The minimum atomic E-state index is -1.47. The normalized spacial score (nSPS) is 25.7. The van der Waals surface area contributed by atoms with E-state index in [1.54, 1.807) is 0 Å². The number of rotatable bonds is 20. The molecule has 0 saturated carbocycles. The molecule has 6 rings (SSSR count). The summed E-state index contributed by atoms with van der Waals surface area (Å²) >= 11 is 0. The van der Waals surface area contributed by atoms with Gasteiger partial charge in [-0.2, -0.15) is 0 Å². The van der Waals surface area contributed by atoms with Crippen LogP contribution >= 0.6 is 0 Å². The van der Waals surface area contributed by atoms with Crippen LogP contribution < -0.4 is 5.32 Å². The molecule has 2 aliphatic rings. The first kappa shape index (κ1) is 47.0. The van der Waals surface area contributed by atoms with Gasteiger partial charge in [-0.15, -0.1) is 0 Å². The highest BCUT2D eigenvalue weighted by molar-refractivity contribution is 5.73. The molecule has 2 fully saturated rings. The van der Waals surface area contributed by atoms with E-state index in [4.69, 9.17) is 47.4 Å². The van der Waals surface area contributed by atoms with Crippen LogP contribution in [0, 0.1) is 0 Å². The number of hydrogen-bond donors (Lipinski definition) is 1. The molecule has 2 aliphatic heterocycles. The molecule has 10 atom stereocenters. The lowest BCUT2D eigenvalue weighted by molar-refractivity contribution is -0.362. The summed E-state index contributed by atoms with van der Waals surface area (Å²) in [7, 11) is 0. The molecule has 0 spiro atoms. The van der Waals surface area contributed by atoms with Crippen LogP contribution in [-0.4, -0.2) is 98.4 Å². The second kappa shape index (κ2) is 23.8. The lowest BCUT2D eigenvalue weighted by atomic mass is 9.94. The van der Waals surface area contributed by atoms with Crippen molar-refractivity contribution in [3.63, 3.8) is 0 Å². The number of benzene rings is 4. The Kier molecular flexibility index (Phi) is 17.7. The van der Waals surface area contributed by atoms with E-state index in [0.717, 1.165) is 22.3 Å². The monoisotopic (exact) mass is 869 g/mol. The average molecular weight is 870 g/mol. The van der Waals surface area contributed by atoms with Gasteiger partial charge >= 0.3 is 17.9 Å². The van der Waals surface area contributed by atoms with Crippen molar-refractivity contribution in [1.29, 1.82) is 0 Å². The van der Waals surface area contributed by atoms with Gasteiger partial charge in [0.25, 0.3) is 0 Å². The molecule has 2 saturated heterocycles. The van der Waals surface area contributed by atoms with Crippen LogP contribution in [0.15, 0.2) is 121 Å². The highest BCUT2D eigenvalue weighted by atomic mass is 16.8. The Hall–Kier alpha value is -5.52. The largest absolute Gasteiger partial charge is 0.463 e. The molecule has 4 aromatic carbocycles.